The number of hydrogen-bond acceptors (Lipinski definition) is 3. The van der Waals surface area contributed by atoms with Crippen LogP contribution in [-0.4, -0.2) is 24.3 Å². The Hall–Kier alpha value is -1.68. The Labute approximate surface area is 100 Å². The fourth-order valence-corrected chi connectivity index (χ4v) is 2.08. The van der Waals surface area contributed by atoms with Crippen LogP contribution in [0.1, 0.15) is 39.1 Å². The van der Waals surface area contributed by atoms with Gasteiger partial charge in [-0.05, 0) is 32.4 Å². The lowest BCUT2D eigenvalue weighted by Crippen LogP contribution is -2.46. The van der Waals surface area contributed by atoms with Crippen molar-refractivity contribution in [1.29, 1.82) is 0 Å². The maximum Gasteiger partial charge on any atom is 0.252 e. The standard InChI is InChI=1S/C13H16N2O2/c1-8-4-5-9-10(7-8)13(17)15-11(12(9)16)3-2-6-14/h4-5,7,11H,2-3,6,14H2,1H3,(H,15,17)/t11-/m0/s1. The lowest BCUT2D eigenvalue weighted by molar-refractivity contribution is 0.0822. The molecule has 0 fully saturated rings. The number of benzene rings is 1. The zero-order valence-electron chi connectivity index (χ0n) is 9.82. The van der Waals surface area contributed by atoms with Crippen LogP contribution in [0, 0.1) is 6.92 Å². The Morgan fingerprint density at radius 3 is 2.76 bits per heavy atom. The Morgan fingerprint density at radius 1 is 1.29 bits per heavy atom. The fraction of sp³-hybridized carbons (Fsp3) is 0.385. The fourth-order valence-electron chi connectivity index (χ4n) is 2.08. The molecule has 0 aromatic heterocycles. The van der Waals surface area contributed by atoms with Crippen LogP contribution < -0.4 is 11.1 Å². The smallest absolute Gasteiger partial charge is 0.252 e. The summed E-state index contributed by atoms with van der Waals surface area (Å²) in [5, 5.41) is 2.74. The van der Waals surface area contributed by atoms with Crippen LogP contribution in [-0.2, 0) is 0 Å². The molecule has 1 aliphatic heterocycles. The predicted octanol–water partition coefficient (Wildman–Crippen LogP) is 1.03. The number of hydrogen-bond donors (Lipinski definition) is 2. The molecule has 17 heavy (non-hydrogen) atoms. The molecule has 4 heteroatoms. The number of nitrogens with one attached hydrogen (secondary N) is 1. The molecule has 0 bridgehead atoms. The van der Waals surface area contributed by atoms with Crippen molar-refractivity contribution in [3.05, 3.63) is 34.9 Å². The molecule has 1 heterocycles. The molecule has 1 aromatic rings. The summed E-state index contributed by atoms with van der Waals surface area (Å²) in [5.41, 5.74) is 7.41. The molecule has 0 spiro atoms. The number of rotatable bonds is 3. The maximum atomic E-state index is 12.1. The second-order valence-electron chi connectivity index (χ2n) is 4.37. The highest BCUT2D eigenvalue weighted by molar-refractivity contribution is 6.15. The summed E-state index contributed by atoms with van der Waals surface area (Å²) in [6.45, 7) is 2.43. The van der Waals surface area contributed by atoms with Crippen LogP contribution >= 0.6 is 0 Å². The van der Waals surface area contributed by atoms with Crippen molar-refractivity contribution in [2.24, 2.45) is 5.73 Å². The molecule has 0 aliphatic carbocycles. The number of carbonyl (C=O) groups excluding carboxylic acids is 2. The lowest BCUT2D eigenvalue weighted by atomic mass is 9.90. The highest BCUT2D eigenvalue weighted by Gasteiger charge is 2.31. The monoisotopic (exact) mass is 232 g/mol. The number of amides is 1. The molecule has 1 atom stereocenters. The molecule has 3 N–H and O–H groups in total. The Bertz CT molecular complexity index is 468. The van der Waals surface area contributed by atoms with Crippen molar-refractivity contribution in [3.8, 4) is 0 Å². The van der Waals surface area contributed by atoms with Crippen LogP contribution in [0.15, 0.2) is 18.2 Å². The maximum absolute atomic E-state index is 12.1. The number of Topliss-reactive ketones (excluding diaryl/α,β-unsaturated/α-hetero) is 1. The lowest BCUT2D eigenvalue weighted by Gasteiger charge is -2.24. The first-order chi connectivity index (χ1) is 8.13. The minimum Gasteiger partial charge on any atom is -0.342 e. The first kappa shape index (κ1) is 11.8. The molecule has 2 rings (SSSR count). The molecule has 1 aliphatic rings. The molecule has 1 amide bonds. The quantitative estimate of drug-likeness (QED) is 0.817. The number of ketones is 1. The topological polar surface area (TPSA) is 72.2 Å². The van der Waals surface area contributed by atoms with Gasteiger partial charge in [0.25, 0.3) is 5.91 Å². The van der Waals surface area contributed by atoms with Gasteiger partial charge in [-0.3, -0.25) is 9.59 Å². The second kappa shape index (κ2) is 4.67. The number of carbonyl (C=O) groups is 2. The molecule has 90 valence electrons. The summed E-state index contributed by atoms with van der Waals surface area (Å²) >= 11 is 0. The van der Waals surface area contributed by atoms with Crippen LogP contribution in [0.2, 0.25) is 0 Å². The minimum absolute atomic E-state index is 0.00644. The molecule has 0 saturated heterocycles. The van der Waals surface area contributed by atoms with E-state index in [0.717, 1.165) is 12.0 Å². The summed E-state index contributed by atoms with van der Waals surface area (Å²) < 4.78 is 0. The van der Waals surface area contributed by atoms with E-state index in [1.807, 2.05) is 13.0 Å². The molecule has 4 nitrogen and oxygen atoms in total. The van der Waals surface area contributed by atoms with E-state index in [1.165, 1.54) is 0 Å². The third-order valence-electron chi connectivity index (χ3n) is 3.00. The minimum atomic E-state index is -0.416. The molecule has 0 radical (unpaired) electrons. The van der Waals surface area contributed by atoms with Crippen molar-refractivity contribution in [2.75, 3.05) is 6.54 Å². The highest BCUT2D eigenvalue weighted by Crippen LogP contribution is 2.20. The van der Waals surface area contributed by atoms with Gasteiger partial charge in [-0.1, -0.05) is 17.7 Å². The van der Waals surface area contributed by atoms with Gasteiger partial charge in [0.1, 0.15) is 0 Å². The SMILES string of the molecule is Cc1ccc2c(c1)C(=O)N[C@@H](CCCN)C2=O. The van der Waals surface area contributed by atoms with Gasteiger partial charge in [-0.2, -0.15) is 0 Å². The number of nitrogens with two attached hydrogens (primary N) is 1. The zero-order chi connectivity index (χ0) is 12.4. The first-order valence-electron chi connectivity index (χ1n) is 5.79. The second-order valence-corrected chi connectivity index (χ2v) is 4.37. The van der Waals surface area contributed by atoms with Crippen molar-refractivity contribution in [3.63, 3.8) is 0 Å². The van der Waals surface area contributed by atoms with E-state index in [2.05, 4.69) is 5.32 Å². The van der Waals surface area contributed by atoms with Crippen LogP contribution in [0.4, 0.5) is 0 Å². The van der Waals surface area contributed by atoms with Gasteiger partial charge in [0.2, 0.25) is 0 Å². The van der Waals surface area contributed by atoms with Gasteiger partial charge in [-0.15, -0.1) is 0 Å². The van der Waals surface area contributed by atoms with Gasteiger partial charge >= 0.3 is 0 Å². The molecule has 0 unspecified atom stereocenters. The normalized spacial score (nSPS) is 18.8. The van der Waals surface area contributed by atoms with Crippen molar-refractivity contribution in [1.82, 2.24) is 5.32 Å². The van der Waals surface area contributed by atoms with Crippen molar-refractivity contribution >= 4 is 11.7 Å². The van der Waals surface area contributed by atoms with Gasteiger partial charge in [-0.25, -0.2) is 0 Å². The van der Waals surface area contributed by atoms with Crippen molar-refractivity contribution in [2.45, 2.75) is 25.8 Å². The highest BCUT2D eigenvalue weighted by atomic mass is 16.2. The Morgan fingerprint density at radius 2 is 2.06 bits per heavy atom. The Balaban J connectivity index is 2.31. The van der Waals surface area contributed by atoms with Gasteiger partial charge in [0.05, 0.1) is 11.6 Å². The van der Waals surface area contributed by atoms with E-state index < -0.39 is 6.04 Å². The third kappa shape index (κ3) is 2.22. The van der Waals surface area contributed by atoms with Gasteiger partial charge in [0, 0.05) is 5.56 Å². The average molecular weight is 232 g/mol. The van der Waals surface area contributed by atoms with E-state index >= 15 is 0 Å². The van der Waals surface area contributed by atoms with Gasteiger partial charge < -0.3 is 11.1 Å². The van der Waals surface area contributed by atoms with E-state index in [-0.39, 0.29) is 11.7 Å². The first-order valence-corrected chi connectivity index (χ1v) is 5.79. The molecule has 1 aromatic carbocycles. The molecular weight excluding hydrogens is 216 g/mol. The molecular formula is C13H16N2O2. The third-order valence-corrected chi connectivity index (χ3v) is 3.00. The van der Waals surface area contributed by atoms with Crippen LogP contribution in [0.3, 0.4) is 0 Å². The predicted molar refractivity (Wildman–Crippen MR) is 65.1 cm³/mol. The van der Waals surface area contributed by atoms with E-state index in [4.69, 9.17) is 5.73 Å². The Kier molecular flexibility index (Phi) is 3.24. The summed E-state index contributed by atoms with van der Waals surface area (Å²) in [6, 6.07) is 4.93. The summed E-state index contributed by atoms with van der Waals surface area (Å²) in [7, 11) is 0. The van der Waals surface area contributed by atoms with E-state index in [1.54, 1.807) is 12.1 Å². The van der Waals surface area contributed by atoms with E-state index in [9.17, 15) is 9.59 Å². The summed E-state index contributed by atoms with van der Waals surface area (Å²) in [6.07, 6.45) is 1.34. The zero-order valence-corrected chi connectivity index (χ0v) is 9.82. The van der Waals surface area contributed by atoms with Crippen molar-refractivity contribution < 1.29 is 9.59 Å². The van der Waals surface area contributed by atoms with Gasteiger partial charge in [0.15, 0.2) is 5.78 Å². The summed E-state index contributed by atoms with van der Waals surface area (Å²) in [4.78, 5) is 24.0. The van der Waals surface area contributed by atoms with Crippen LogP contribution in [0.25, 0.3) is 0 Å². The largest absolute Gasteiger partial charge is 0.342 e. The average Bonchev–Trinajstić information content (AvgIpc) is 2.32. The molecule has 0 saturated carbocycles. The number of fused-ring (bicyclic) bond motifs is 1. The van der Waals surface area contributed by atoms with E-state index in [0.29, 0.717) is 24.1 Å². The summed E-state index contributed by atoms with van der Waals surface area (Å²) in [5.74, 6) is -0.168. The van der Waals surface area contributed by atoms with Crippen LogP contribution in [0.5, 0.6) is 0 Å². The number of aryl methyl sites for hydroxylation is 1.